The summed E-state index contributed by atoms with van der Waals surface area (Å²) in [7, 11) is 2.63. The van der Waals surface area contributed by atoms with Crippen molar-refractivity contribution in [2.24, 2.45) is 15.5 Å². The average Bonchev–Trinajstić information content (AvgIpc) is 2.74. The molecule has 30 heavy (non-hydrogen) atoms. The van der Waals surface area contributed by atoms with E-state index >= 15 is 0 Å². The van der Waals surface area contributed by atoms with Gasteiger partial charge in [-0.25, -0.2) is 0 Å². The van der Waals surface area contributed by atoms with E-state index in [-0.39, 0.29) is 29.5 Å². The van der Waals surface area contributed by atoms with Gasteiger partial charge in [0.15, 0.2) is 5.71 Å². The van der Waals surface area contributed by atoms with Crippen LogP contribution in [0.5, 0.6) is 0 Å². The van der Waals surface area contributed by atoms with E-state index < -0.39 is 11.7 Å². The number of halogens is 3. The monoisotopic (exact) mass is 423 g/mol. The summed E-state index contributed by atoms with van der Waals surface area (Å²) in [6.45, 7) is 1.51. The lowest BCUT2D eigenvalue weighted by atomic mass is 10.0. The van der Waals surface area contributed by atoms with E-state index in [1.165, 1.54) is 26.4 Å². The summed E-state index contributed by atoms with van der Waals surface area (Å²) in [6.07, 6.45) is -4.44. The first-order valence-corrected chi connectivity index (χ1v) is 8.61. The second-order valence-corrected chi connectivity index (χ2v) is 5.92. The lowest BCUT2D eigenvalue weighted by Crippen LogP contribution is -2.20. The minimum atomic E-state index is -4.44. The fourth-order valence-corrected chi connectivity index (χ4v) is 2.53. The maximum absolute atomic E-state index is 12.9. The Morgan fingerprint density at radius 3 is 2.40 bits per heavy atom. The third-order valence-electron chi connectivity index (χ3n) is 3.97. The van der Waals surface area contributed by atoms with E-state index in [1.807, 2.05) is 0 Å². The van der Waals surface area contributed by atoms with Gasteiger partial charge >= 0.3 is 6.18 Å². The molecule has 160 valence electrons. The van der Waals surface area contributed by atoms with Gasteiger partial charge in [0.2, 0.25) is 0 Å². The molecule has 1 N–H and O–H groups in total. The zero-order chi connectivity index (χ0) is 22.1. The number of rotatable bonds is 7. The highest BCUT2D eigenvalue weighted by molar-refractivity contribution is 6.45. The summed E-state index contributed by atoms with van der Waals surface area (Å²) in [5.41, 5.74) is 1.02. The molecule has 0 saturated carbocycles. The molecule has 0 unspecified atom stereocenters. The number of methoxy groups -OCH3 is 1. The van der Waals surface area contributed by atoms with E-state index in [0.717, 1.165) is 12.1 Å². The fourth-order valence-electron chi connectivity index (χ4n) is 2.53. The molecule has 0 radical (unpaired) electrons. The van der Waals surface area contributed by atoms with Crippen LogP contribution < -0.4 is 0 Å². The highest BCUT2D eigenvalue weighted by Gasteiger charge is 2.30. The summed E-state index contributed by atoms with van der Waals surface area (Å²) in [5, 5.41) is 19.9. The molecule has 0 aliphatic carbocycles. The highest BCUT2D eigenvalue weighted by atomic mass is 19.4. The lowest BCUT2D eigenvalue weighted by molar-refractivity contribution is -0.137. The first-order valence-electron chi connectivity index (χ1n) is 8.61. The standard InChI is InChI=1S/C20H20F3N3O4/c1-13(14-8-6-9-16(11-14)20(21,22)23)25-30-12-15-7-4-5-10-17(15)18(26-29-3)19(24-27)28-2/h4-11,27H,12H2,1-3H3. The number of ether oxygens (including phenoxy) is 1. The van der Waals surface area contributed by atoms with Crippen molar-refractivity contribution in [3.8, 4) is 0 Å². The molecule has 0 spiro atoms. The van der Waals surface area contributed by atoms with Gasteiger partial charge in [0.05, 0.1) is 18.4 Å². The van der Waals surface area contributed by atoms with E-state index in [9.17, 15) is 13.2 Å². The average molecular weight is 423 g/mol. The smallest absolute Gasteiger partial charge is 0.416 e. The maximum Gasteiger partial charge on any atom is 0.416 e. The molecule has 2 aromatic rings. The van der Waals surface area contributed by atoms with Crippen molar-refractivity contribution < 1.29 is 32.8 Å². The summed E-state index contributed by atoms with van der Waals surface area (Å²) in [6, 6.07) is 11.7. The molecular weight excluding hydrogens is 403 g/mol. The van der Waals surface area contributed by atoms with Gasteiger partial charge in [-0.2, -0.15) is 13.2 Å². The van der Waals surface area contributed by atoms with Crippen LogP contribution in [-0.2, 0) is 27.2 Å². The van der Waals surface area contributed by atoms with Gasteiger partial charge in [0, 0.05) is 11.1 Å². The SMILES string of the molecule is CON=C(C(=NO)OC)c1ccccc1CON=C(C)c1cccc(C(F)(F)F)c1. The van der Waals surface area contributed by atoms with Crippen LogP contribution in [-0.4, -0.2) is 36.7 Å². The van der Waals surface area contributed by atoms with Crippen molar-refractivity contribution >= 4 is 17.3 Å². The number of alkyl halides is 3. The number of oxime groups is 3. The molecule has 0 aromatic heterocycles. The van der Waals surface area contributed by atoms with Crippen LogP contribution in [0.2, 0.25) is 0 Å². The number of hydrogen-bond acceptors (Lipinski definition) is 7. The first kappa shape index (κ1) is 22.7. The van der Waals surface area contributed by atoms with Crippen molar-refractivity contribution in [2.45, 2.75) is 19.7 Å². The zero-order valence-electron chi connectivity index (χ0n) is 16.5. The Morgan fingerprint density at radius 1 is 1.03 bits per heavy atom. The molecule has 0 aliphatic rings. The molecule has 0 heterocycles. The molecule has 7 nitrogen and oxygen atoms in total. The van der Waals surface area contributed by atoms with Crippen LogP contribution in [0.15, 0.2) is 64.0 Å². The molecule has 2 aromatic carbocycles. The fraction of sp³-hybridized carbons (Fsp3) is 0.250. The molecule has 0 atom stereocenters. The third-order valence-corrected chi connectivity index (χ3v) is 3.97. The Bertz CT molecular complexity index is 956. The Labute approximate surface area is 171 Å². The topological polar surface area (TPSA) is 85.0 Å². The van der Waals surface area contributed by atoms with Crippen molar-refractivity contribution in [1.29, 1.82) is 0 Å². The van der Waals surface area contributed by atoms with Gasteiger partial charge in [-0.05, 0) is 29.8 Å². The normalized spacial score (nSPS) is 13.2. The van der Waals surface area contributed by atoms with Gasteiger partial charge in [0.25, 0.3) is 5.90 Å². The van der Waals surface area contributed by atoms with Crippen LogP contribution >= 0.6 is 0 Å². The first-order chi connectivity index (χ1) is 14.3. The number of benzene rings is 2. The Kier molecular flexibility index (Phi) is 7.79. The summed E-state index contributed by atoms with van der Waals surface area (Å²) in [4.78, 5) is 10.1. The van der Waals surface area contributed by atoms with Gasteiger partial charge < -0.3 is 19.6 Å². The molecule has 10 heteroatoms. The highest BCUT2D eigenvalue weighted by Crippen LogP contribution is 2.29. The van der Waals surface area contributed by atoms with Crippen LogP contribution in [0.3, 0.4) is 0 Å². The molecule has 0 saturated heterocycles. The third kappa shape index (κ3) is 5.72. The summed E-state index contributed by atoms with van der Waals surface area (Å²) in [5.74, 6) is -0.173. The van der Waals surface area contributed by atoms with Crippen LogP contribution in [0, 0.1) is 0 Å². The maximum atomic E-state index is 12.9. The Morgan fingerprint density at radius 2 is 1.77 bits per heavy atom. The molecule has 0 fully saturated rings. The van der Waals surface area contributed by atoms with Crippen molar-refractivity contribution in [3.63, 3.8) is 0 Å². The van der Waals surface area contributed by atoms with Gasteiger partial charge in [-0.15, -0.1) is 0 Å². The predicted molar refractivity (Wildman–Crippen MR) is 105 cm³/mol. The zero-order valence-corrected chi connectivity index (χ0v) is 16.5. The predicted octanol–water partition coefficient (Wildman–Crippen LogP) is 4.43. The van der Waals surface area contributed by atoms with Crippen LogP contribution in [0.25, 0.3) is 0 Å². The second-order valence-electron chi connectivity index (χ2n) is 5.92. The number of nitrogens with zero attached hydrogens (tertiary/aromatic N) is 3. The van der Waals surface area contributed by atoms with Gasteiger partial charge in [-0.3, -0.25) is 0 Å². The Hall–Kier alpha value is -3.56. The van der Waals surface area contributed by atoms with Gasteiger partial charge in [-0.1, -0.05) is 46.7 Å². The molecule has 0 aliphatic heterocycles. The van der Waals surface area contributed by atoms with Crippen LogP contribution in [0.4, 0.5) is 13.2 Å². The van der Waals surface area contributed by atoms with E-state index in [1.54, 1.807) is 31.2 Å². The van der Waals surface area contributed by atoms with Gasteiger partial charge in [0.1, 0.15) is 13.7 Å². The minimum absolute atomic E-state index is 0.0301. The molecule has 0 amide bonds. The minimum Gasteiger partial charge on any atom is -0.477 e. The quantitative estimate of drug-likeness (QED) is 0.309. The Balaban J connectivity index is 2.24. The van der Waals surface area contributed by atoms with E-state index in [0.29, 0.717) is 11.1 Å². The number of hydrogen-bond donors (Lipinski definition) is 1. The molecule has 0 bridgehead atoms. The largest absolute Gasteiger partial charge is 0.477 e. The summed E-state index contributed by atoms with van der Waals surface area (Å²) >= 11 is 0. The van der Waals surface area contributed by atoms with Crippen molar-refractivity contribution in [3.05, 3.63) is 70.8 Å². The molecular formula is C20H20F3N3O4. The molecule has 2 rings (SSSR count). The van der Waals surface area contributed by atoms with E-state index in [2.05, 4.69) is 15.5 Å². The van der Waals surface area contributed by atoms with Crippen molar-refractivity contribution in [1.82, 2.24) is 0 Å². The second kappa shape index (κ2) is 10.3. The lowest BCUT2D eigenvalue weighted by Gasteiger charge is -2.11. The van der Waals surface area contributed by atoms with E-state index in [4.69, 9.17) is 19.6 Å². The summed E-state index contributed by atoms with van der Waals surface area (Å²) < 4.78 is 43.6. The van der Waals surface area contributed by atoms with Crippen LogP contribution in [0.1, 0.15) is 29.2 Å². The van der Waals surface area contributed by atoms with Crippen molar-refractivity contribution in [2.75, 3.05) is 14.2 Å².